The molecule has 0 bridgehead atoms. The van der Waals surface area contributed by atoms with E-state index in [1.807, 2.05) is 24.3 Å². The van der Waals surface area contributed by atoms with Gasteiger partial charge < -0.3 is 15.5 Å². The number of aromatic nitrogens is 2. The standard InChI is InChI=1S/C18H18N4O2/c1-18(2,3)11-6-4-10(5-7-11)13-12(8-19)15(20)24-17-14(13)16(23)21-9-22-17/h4-7,9,13H,20H2,1-3H3,(H,21,22,23)/t13-/m1/s1. The SMILES string of the molecule is CC(C)(C)c1ccc([C@@H]2C(C#N)=C(N)Oc3nc[nH]c(=O)c32)cc1. The molecule has 2 aromatic rings. The summed E-state index contributed by atoms with van der Waals surface area (Å²) in [5.74, 6) is -0.474. The summed E-state index contributed by atoms with van der Waals surface area (Å²) in [7, 11) is 0. The van der Waals surface area contributed by atoms with E-state index in [4.69, 9.17) is 10.5 Å². The van der Waals surface area contributed by atoms with E-state index in [1.54, 1.807) is 0 Å². The molecule has 1 aromatic heterocycles. The molecular formula is C18H18N4O2. The van der Waals surface area contributed by atoms with Crippen LogP contribution in [0.4, 0.5) is 0 Å². The molecule has 2 heterocycles. The number of H-pyrrole nitrogens is 1. The highest BCUT2D eigenvalue weighted by molar-refractivity contribution is 5.52. The number of allylic oxidation sites excluding steroid dienone is 1. The van der Waals surface area contributed by atoms with Gasteiger partial charge in [0.05, 0.1) is 17.8 Å². The Hall–Kier alpha value is -3.07. The van der Waals surface area contributed by atoms with Crippen molar-refractivity contribution in [1.82, 2.24) is 9.97 Å². The molecule has 0 saturated carbocycles. The first-order chi connectivity index (χ1) is 11.3. The molecule has 6 heteroatoms. The van der Waals surface area contributed by atoms with Crippen LogP contribution in [0.1, 0.15) is 43.4 Å². The van der Waals surface area contributed by atoms with Crippen molar-refractivity contribution in [3.8, 4) is 11.9 Å². The van der Waals surface area contributed by atoms with Crippen LogP contribution in [-0.4, -0.2) is 9.97 Å². The minimum absolute atomic E-state index is 0.0120. The Morgan fingerprint density at radius 3 is 2.54 bits per heavy atom. The molecule has 0 saturated heterocycles. The van der Waals surface area contributed by atoms with Crippen LogP contribution in [0.3, 0.4) is 0 Å². The summed E-state index contributed by atoms with van der Waals surface area (Å²) in [6.07, 6.45) is 1.26. The second-order valence-corrected chi connectivity index (χ2v) is 6.75. The zero-order chi connectivity index (χ0) is 17.5. The van der Waals surface area contributed by atoms with Gasteiger partial charge in [0.15, 0.2) is 0 Å². The Morgan fingerprint density at radius 2 is 1.96 bits per heavy atom. The summed E-state index contributed by atoms with van der Waals surface area (Å²) in [4.78, 5) is 18.9. The molecule has 0 spiro atoms. The lowest BCUT2D eigenvalue weighted by Gasteiger charge is -2.25. The number of nitrogens with zero attached hydrogens (tertiary/aromatic N) is 2. The van der Waals surface area contributed by atoms with Gasteiger partial charge in [-0.15, -0.1) is 0 Å². The number of ether oxygens (including phenoxy) is 1. The molecule has 0 amide bonds. The van der Waals surface area contributed by atoms with Crippen LogP contribution in [0.5, 0.6) is 5.88 Å². The van der Waals surface area contributed by atoms with Crippen LogP contribution in [0.2, 0.25) is 0 Å². The van der Waals surface area contributed by atoms with E-state index in [0.717, 1.165) is 11.1 Å². The van der Waals surface area contributed by atoms with E-state index >= 15 is 0 Å². The highest BCUT2D eigenvalue weighted by Crippen LogP contribution is 2.39. The monoisotopic (exact) mass is 322 g/mol. The number of hydrogen-bond donors (Lipinski definition) is 2. The molecular weight excluding hydrogens is 304 g/mol. The molecule has 1 aliphatic heterocycles. The predicted octanol–water partition coefficient (Wildman–Crippen LogP) is 2.29. The van der Waals surface area contributed by atoms with Crippen LogP contribution in [0, 0.1) is 11.3 Å². The number of fused-ring (bicyclic) bond motifs is 1. The maximum Gasteiger partial charge on any atom is 0.258 e. The zero-order valence-corrected chi connectivity index (χ0v) is 13.8. The Bertz CT molecular complexity index is 912. The van der Waals surface area contributed by atoms with Gasteiger partial charge >= 0.3 is 0 Å². The van der Waals surface area contributed by atoms with E-state index in [-0.39, 0.29) is 28.3 Å². The minimum atomic E-state index is -0.592. The van der Waals surface area contributed by atoms with Gasteiger partial charge in [-0.1, -0.05) is 45.0 Å². The second kappa shape index (κ2) is 5.53. The Labute approximate surface area is 139 Å². The smallest absolute Gasteiger partial charge is 0.258 e. The highest BCUT2D eigenvalue weighted by Gasteiger charge is 2.34. The quantitative estimate of drug-likeness (QED) is 0.838. The third kappa shape index (κ3) is 2.54. The summed E-state index contributed by atoms with van der Waals surface area (Å²) < 4.78 is 5.35. The Kier molecular flexibility index (Phi) is 3.64. The van der Waals surface area contributed by atoms with Gasteiger partial charge in [-0.25, -0.2) is 4.98 Å². The van der Waals surface area contributed by atoms with E-state index < -0.39 is 5.92 Å². The van der Waals surface area contributed by atoms with Crippen molar-refractivity contribution in [2.75, 3.05) is 0 Å². The fraction of sp³-hybridized carbons (Fsp3) is 0.278. The molecule has 1 atom stereocenters. The molecule has 0 fully saturated rings. The lowest BCUT2D eigenvalue weighted by Crippen LogP contribution is -2.28. The van der Waals surface area contributed by atoms with Crippen LogP contribution >= 0.6 is 0 Å². The van der Waals surface area contributed by atoms with Gasteiger partial charge in [0.25, 0.3) is 5.56 Å². The molecule has 0 aliphatic carbocycles. The molecule has 0 unspecified atom stereocenters. The number of benzene rings is 1. The first kappa shape index (κ1) is 15.8. The van der Waals surface area contributed by atoms with Crippen molar-refractivity contribution >= 4 is 0 Å². The van der Waals surface area contributed by atoms with E-state index in [2.05, 4.69) is 36.8 Å². The molecule has 122 valence electrons. The van der Waals surface area contributed by atoms with E-state index in [0.29, 0.717) is 5.56 Å². The lowest BCUT2D eigenvalue weighted by molar-refractivity contribution is 0.375. The van der Waals surface area contributed by atoms with Crippen molar-refractivity contribution in [3.05, 3.63) is 69.1 Å². The maximum atomic E-state index is 12.3. The topological polar surface area (TPSA) is 105 Å². The van der Waals surface area contributed by atoms with Crippen molar-refractivity contribution in [2.45, 2.75) is 32.1 Å². The van der Waals surface area contributed by atoms with E-state index in [9.17, 15) is 10.1 Å². The molecule has 6 nitrogen and oxygen atoms in total. The third-order valence-corrected chi connectivity index (χ3v) is 4.13. The van der Waals surface area contributed by atoms with Crippen LogP contribution in [-0.2, 0) is 5.41 Å². The molecule has 0 radical (unpaired) electrons. The fourth-order valence-corrected chi connectivity index (χ4v) is 2.80. The summed E-state index contributed by atoms with van der Waals surface area (Å²) in [6, 6.07) is 9.89. The van der Waals surface area contributed by atoms with Gasteiger partial charge in [0.1, 0.15) is 11.6 Å². The summed E-state index contributed by atoms with van der Waals surface area (Å²) in [5, 5.41) is 9.49. The van der Waals surface area contributed by atoms with Gasteiger partial charge in [-0.3, -0.25) is 4.79 Å². The van der Waals surface area contributed by atoms with Gasteiger partial charge in [0, 0.05) is 0 Å². The molecule has 1 aromatic carbocycles. The van der Waals surface area contributed by atoms with Crippen LogP contribution in [0.25, 0.3) is 0 Å². The fourth-order valence-electron chi connectivity index (χ4n) is 2.80. The Morgan fingerprint density at radius 1 is 1.29 bits per heavy atom. The van der Waals surface area contributed by atoms with Crippen molar-refractivity contribution in [1.29, 1.82) is 5.26 Å². The third-order valence-electron chi connectivity index (χ3n) is 4.13. The highest BCUT2D eigenvalue weighted by atomic mass is 16.5. The lowest BCUT2D eigenvalue weighted by atomic mass is 9.82. The molecule has 3 rings (SSSR count). The number of nitrogens with two attached hydrogens (primary N) is 1. The largest absolute Gasteiger partial charge is 0.422 e. The summed E-state index contributed by atoms with van der Waals surface area (Å²) in [5.41, 5.74) is 8.00. The average Bonchev–Trinajstić information content (AvgIpc) is 2.53. The number of nitriles is 1. The first-order valence-corrected chi connectivity index (χ1v) is 7.58. The van der Waals surface area contributed by atoms with Gasteiger partial charge in [0.2, 0.25) is 11.8 Å². The van der Waals surface area contributed by atoms with Gasteiger partial charge in [-0.2, -0.15) is 5.26 Å². The molecule has 3 N–H and O–H groups in total. The van der Waals surface area contributed by atoms with Gasteiger partial charge in [-0.05, 0) is 16.5 Å². The number of aromatic amines is 1. The summed E-state index contributed by atoms with van der Waals surface area (Å²) in [6.45, 7) is 6.37. The zero-order valence-electron chi connectivity index (χ0n) is 13.8. The van der Waals surface area contributed by atoms with Crippen molar-refractivity contribution in [2.24, 2.45) is 5.73 Å². The molecule has 1 aliphatic rings. The normalized spacial score (nSPS) is 17.0. The Balaban J connectivity index is 2.19. The maximum absolute atomic E-state index is 12.3. The average molecular weight is 322 g/mol. The predicted molar refractivity (Wildman–Crippen MR) is 89.3 cm³/mol. The summed E-state index contributed by atoms with van der Waals surface area (Å²) >= 11 is 0. The number of rotatable bonds is 1. The first-order valence-electron chi connectivity index (χ1n) is 7.58. The van der Waals surface area contributed by atoms with Crippen LogP contribution < -0.4 is 16.0 Å². The van der Waals surface area contributed by atoms with E-state index in [1.165, 1.54) is 6.33 Å². The van der Waals surface area contributed by atoms with Crippen molar-refractivity contribution < 1.29 is 4.74 Å². The molecule has 24 heavy (non-hydrogen) atoms. The second-order valence-electron chi connectivity index (χ2n) is 6.75. The van der Waals surface area contributed by atoms with Crippen LogP contribution in [0.15, 0.2) is 46.8 Å². The minimum Gasteiger partial charge on any atom is -0.422 e. The number of hydrogen-bond acceptors (Lipinski definition) is 5. The van der Waals surface area contributed by atoms with Crippen molar-refractivity contribution in [3.63, 3.8) is 0 Å². The number of nitrogens with one attached hydrogen (secondary N) is 1.